The summed E-state index contributed by atoms with van der Waals surface area (Å²) in [6.45, 7) is 0. The molecule has 5 heteroatoms. The molecule has 0 fully saturated rings. The summed E-state index contributed by atoms with van der Waals surface area (Å²) in [5.74, 6) is -0.551. The highest BCUT2D eigenvalue weighted by atomic mass is 32.1. The normalized spacial score (nSPS) is 9.70. The van der Waals surface area contributed by atoms with Gasteiger partial charge in [-0.25, -0.2) is 4.79 Å². The number of H-pyrrole nitrogens is 1. The van der Waals surface area contributed by atoms with Crippen molar-refractivity contribution in [3.8, 4) is 0 Å². The number of carboxylic acid groups (broad SMARTS) is 1. The number of carboxylic acids is 1. The lowest BCUT2D eigenvalue weighted by Crippen LogP contribution is -1.95. The maximum absolute atomic E-state index is 10.2. The molecule has 0 saturated carbocycles. The van der Waals surface area contributed by atoms with Gasteiger partial charge in [-0.3, -0.25) is 5.10 Å². The number of aromatic carboxylic acids is 1. The van der Waals surface area contributed by atoms with E-state index in [1.807, 2.05) is 0 Å². The fraction of sp³-hybridized carbons (Fsp3) is 0.200. The molecule has 0 aliphatic heterocycles. The van der Waals surface area contributed by atoms with Gasteiger partial charge in [0.1, 0.15) is 0 Å². The van der Waals surface area contributed by atoms with Crippen molar-refractivity contribution in [2.45, 2.75) is 5.75 Å². The lowest BCUT2D eigenvalue weighted by atomic mass is 10.4. The summed E-state index contributed by atoms with van der Waals surface area (Å²) in [5.41, 5.74) is 0.741. The summed E-state index contributed by atoms with van der Waals surface area (Å²) < 4.78 is 0. The summed E-state index contributed by atoms with van der Waals surface area (Å²) in [5, 5.41) is 14.4. The van der Waals surface area contributed by atoms with Crippen molar-refractivity contribution in [1.82, 2.24) is 10.2 Å². The van der Waals surface area contributed by atoms with Gasteiger partial charge in [0.25, 0.3) is 0 Å². The van der Waals surface area contributed by atoms with E-state index >= 15 is 0 Å². The first kappa shape index (κ1) is 7.14. The van der Waals surface area contributed by atoms with Crippen molar-refractivity contribution in [3.63, 3.8) is 0 Å². The van der Waals surface area contributed by atoms with Gasteiger partial charge in [0.2, 0.25) is 0 Å². The van der Waals surface area contributed by atoms with Gasteiger partial charge >= 0.3 is 5.97 Å². The number of hydrogen-bond donors (Lipinski definition) is 3. The van der Waals surface area contributed by atoms with Gasteiger partial charge in [-0.1, -0.05) is 0 Å². The summed E-state index contributed by atoms with van der Waals surface area (Å²) in [6.07, 6.45) is 0. The lowest BCUT2D eigenvalue weighted by Gasteiger charge is -1.80. The molecule has 0 aromatic carbocycles. The van der Waals surface area contributed by atoms with Crippen LogP contribution in [0.4, 0.5) is 0 Å². The summed E-state index contributed by atoms with van der Waals surface area (Å²) in [6, 6.07) is 1.45. The third-order valence-electron chi connectivity index (χ3n) is 1.02. The first-order valence-corrected chi connectivity index (χ1v) is 3.25. The average molecular weight is 158 g/mol. The van der Waals surface area contributed by atoms with Crippen LogP contribution in [0.5, 0.6) is 0 Å². The fourth-order valence-corrected chi connectivity index (χ4v) is 0.714. The van der Waals surface area contributed by atoms with Gasteiger partial charge in [0.15, 0.2) is 5.69 Å². The number of nitrogens with one attached hydrogen (secondary N) is 1. The molecule has 1 rings (SSSR count). The van der Waals surface area contributed by atoms with E-state index in [2.05, 4.69) is 22.8 Å². The maximum atomic E-state index is 10.2. The van der Waals surface area contributed by atoms with Gasteiger partial charge in [0, 0.05) is 11.4 Å². The Bertz CT molecular complexity index is 246. The van der Waals surface area contributed by atoms with Crippen molar-refractivity contribution in [1.29, 1.82) is 0 Å². The molecule has 0 bridgehead atoms. The second-order valence-electron chi connectivity index (χ2n) is 1.74. The van der Waals surface area contributed by atoms with Crippen LogP contribution in [0.3, 0.4) is 0 Å². The van der Waals surface area contributed by atoms with Crippen LogP contribution in [-0.2, 0) is 5.75 Å². The predicted molar refractivity (Wildman–Crippen MR) is 38.2 cm³/mol. The molecule has 0 aliphatic rings. The van der Waals surface area contributed by atoms with Crippen LogP contribution in [0.25, 0.3) is 0 Å². The van der Waals surface area contributed by atoms with Gasteiger partial charge in [-0.15, -0.1) is 0 Å². The molecule has 0 amide bonds. The molecule has 0 saturated heterocycles. The number of hydrogen-bond acceptors (Lipinski definition) is 3. The molecular formula is C5H6N2O2S. The highest BCUT2D eigenvalue weighted by Crippen LogP contribution is 2.01. The van der Waals surface area contributed by atoms with E-state index in [1.54, 1.807) is 0 Å². The number of aromatic nitrogens is 2. The van der Waals surface area contributed by atoms with E-state index in [-0.39, 0.29) is 5.69 Å². The summed E-state index contributed by atoms with van der Waals surface area (Å²) in [4.78, 5) is 10.2. The Kier molecular flexibility index (Phi) is 1.96. The Balaban J connectivity index is 2.88. The molecule has 1 aromatic rings. The zero-order chi connectivity index (χ0) is 7.56. The second kappa shape index (κ2) is 2.74. The number of thiol groups is 1. The monoisotopic (exact) mass is 158 g/mol. The lowest BCUT2D eigenvalue weighted by molar-refractivity contribution is 0.0690. The Morgan fingerprint density at radius 2 is 2.60 bits per heavy atom. The molecule has 1 heterocycles. The van der Waals surface area contributed by atoms with Crippen molar-refractivity contribution < 1.29 is 9.90 Å². The Morgan fingerprint density at radius 1 is 1.90 bits per heavy atom. The molecule has 1 aromatic heterocycles. The van der Waals surface area contributed by atoms with Crippen LogP contribution < -0.4 is 0 Å². The summed E-state index contributed by atoms with van der Waals surface area (Å²) >= 11 is 3.93. The number of aromatic amines is 1. The smallest absolute Gasteiger partial charge is 0.356 e. The van der Waals surface area contributed by atoms with Crippen molar-refractivity contribution in [2.75, 3.05) is 0 Å². The van der Waals surface area contributed by atoms with Crippen LogP contribution >= 0.6 is 12.6 Å². The molecule has 0 unspecified atom stereocenters. The minimum absolute atomic E-state index is 0.0315. The highest BCUT2D eigenvalue weighted by Gasteiger charge is 2.05. The maximum Gasteiger partial charge on any atom is 0.356 e. The zero-order valence-corrected chi connectivity index (χ0v) is 5.93. The largest absolute Gasteiger partial charge is 0.476 e. The van der Waals surface area contributed by atoms with Crippen molar-refractivity contribution in [3.05, 3.63) is 17.5 Å². The fourth-order valence-electron chi connectivity index (χ4n) is 0.552. The Morgan fingerprint density at radius 3 is 2.90 bits per heavy atom. The molecule has 0 atom stereocenters. The van der Waals surface area contributed by atoms with Crippen molar-refractivity contribution in [2.24, 2.45) is 0 Å². The Labute approximate surface area is 62.7 Å². The SMILES string of the molecule is O=C(O)c1cc(CS)[nH]n1. The third kappa shape index (κ3) is 1.30. The average Bonchev–Trinajstić information content (AvgIpc) is 2.34. The molecule has 0 radical (unpaired) electrons. The van der Waals surface area contributed by atoms with Crippen LogP contribution in [0, 0.1) is 0 Å². The first-order chi connectivity index (χ1) is 4.74. The first-order valence-electron chi connectivity index (χ1n) is 2.62. The topological polar surface area (TPSA) is 66.0 Å². The van der Waals surface area contributed by atoms with E-state index in [0.717, 1.165) is 0 Å². The third-order valence-corrected chi connectivity index (χ3v) is 1.36. The van der Waals surface area contributed by atoms with Crippen LogP contribution in [0.2, 0.25) is 0 Å². The molecule has 2 N–H and O–H groups in total. The number of nitrogens with zero attached hydrogens (tertiary/aromatic N) is 1. The molecule has 0 spiro atoms. The predicted octanol–water partition coefficient (Wildman–Crippen LogP) is 0.538. The van der Waals surface area contributed by atoms with E-state index in [0.29, 0.717) is 11.4 Å². The van der Waals surface area contributed by atoms with Gasteiger partial charge in [-0.2, -0.15) is 17.7 Å². The quantitative estimate of drug-likeness (QED) is 0.550. The molecular weight excluding hydrogens is 152 g/mol. The molecule has 54 valence electrons. The van der Waals surface area contributed by atoms with Crippen LogP contribution in [0.15, 0.2) is 6.07 Å². The minimum atomic E-state index is -1.02. The van der Waals surface area contributed by atoms with E-state index in [1.165, 1.54) is 6.07 Å². The van der Waals surface area contributed by atoms with Crippen LogP contribution in [-0.4, -0.2) is 21.3 Å². The Hall–Kier alpha value is -0.970. The number of carbonyl (C=O) groups is 1. The van der Waals surface area contributed by atoms with E-state index in [4.69, 9.17) is 5.11 Å². The number of rotatable bonds is 2. The standard InChI is InChI=1S/C5H6N2O2S/c8-5(9)4-1-3(2-10)6-7-4/h1,10H,2H2,(H,6,7)(H,8,9). The van der Waals surface area contributed by atoms with Gasteiger partial charge in [0.05, 0.1) is 0 Å². The second-order valence-corrected chi connectivity index (χ2v) is 2.06. The van der Waals surface area contributed by atoms with Crippen LogP contribution in [0.1, 0.15) is 16.2 Å². The zero-order valence-electron chi connectivity index (χ0n) is 5.03. The minimum Gasteiger partial charge on any atom is -0.476 e. The van der Waals surface area contributed by atoms with Gasteiger partial charge < -0.3 is 5.11 Å². The summed E-state index contributed by atoms with van der Waals surface area (Å²) in [7, 11) is 0. The molecule has 0 aliphatic carbocycles. The molecule has 10 heavy (non-hydrogen) atoms. The van der Waals surface area contributed by atoms with E-state index < -0.39 is 5.97 Å². The van der Waals surface area contributed by atoms with Gasteiger partial charge in [-0.05, 0) is 6.07 Å². The van der Waals surface area contributed by atoms with Crippen molar-refractivity contribution >= 4 is 18.6 Å². The van der Waals surface area contributed by atoms with E-state index in [9.17, 15) is 4.79 Å². The highest BCUT2D eigenvalue weighted by molar-refractivity contribution is 7.79. The molecule has 4 nitrogen and oxygen atoms in total.